The predicted molar refractivity (Wildman–Crippen MR) is 143 cm³/mol. The van der Waals surface area contributed by atoms with E-state index < -0.39 is 17.8 Å². The molecule has 1 aromatic carbocycles. The minimum Gasteiger partial charge on any atom is -0.479 e. The predicted octanol–water partition coefficient (Wildman–Crippen LogP) is 5.14. The molecule has 10 heteroatoms. The Morgan fingerprint density at radius 2 is 1.78 bits per heavy atom. The number of rotatable bonds is 13. The fourth-order valence-corrected chi connectivity index (χ4v) is 4.36. The van der Waals surface area contributed by atoms with Gasteiger partial charge in [-0.05, 0) is 49.9 Å². The number of aliphatic hydroxyl groups excluding tert-OH is 1. The monoisotopic (exact) mass is 529 g/mol. The fourth-order valence-electron chi connectivity index (χ4n) is 4.16. The van der Waals surface area contributed by atoms with E-state index >= 15 is 0 Å². The highest BCUT2D eigenvalue weighted by Crippen LogP contribution is 2.30. The van der Waals surface area contributed by atoms with Crippen LogP contribution >= 0.6 is 11.6 Å². The number of aromatic hydroxyl groups is 1. The van der Waals surface area contributed by atoms with Gasteiger partial charge in [0.15, 0.2) is 11.6 Å². The van der Waals surface area contributed by atoms with Gasteiger partial charge in [0, 0.05) is 37.0 Å². The van der Waals surface area contributed by atoms with Gasteiger partial charge in [-0.2, -0.15) is 9.97 Å². The Morgan fingerprint density at radius 1 is 1.05 bits per heavy atom. The maximum Gasteiger partial charge on any atom is 0.318 e. The average molecular weight is 530 g/mol. The Morgan fingerprint density at radius 3 is 2.41 bits per heavy atom. The van der Waals surface area contributed by atoms with Crippen LogP contribution in [0.2, 0.25) is 5.02 Å². The summed E-state index contributed by atoms with van der Waals surface area (Å²) < 4.78 is 11.4. The van der Waals surface area contributed by atoms with Crippen molar-refractivity contribution in [3.8, 4) is 34.7 Å². The van der Waals surface area contributed by atoms with Crippen LogP contribution in [0.5, 0.6) is 11.9 Å². The molecule has 3 rings (SSSR count). The number of pyridine rings is 1. The fraction of sp³-hybridized carbons (Fsp3) is 0.481. The number of hydrogen-bond donors (Lipinski definition) is 3. The first-order valence-electron chi connectivity index (χ1n) is 12.6. The second-order valence-electron chi connectivity index (χ2n) is 8.96. The van der Waals surface area contributed by atoms with Crippen LogP contribution < -0.4 is 10.1 Å². The maximum atomic E-state index is 10.7. The molecule has 0 saturated carbocycles. The van der Waals surface area contributed by atoms with Crippen LogP contribution in [0.1, 0.15) is 58.9 Å². The molecule has 2 heterocycles. The summed E-state index contributed by atoms with van der Waals surface area (Å²) in [4.78, 5) is 17.0. The lowest BCUT2D eigenvalue weighted by Gasteiger charge is -2.35. The molecular formula is C27H36ClN5O4. The van der Waals surface area contributed by atoms with Crippen molar-refractivity contribution in [3.05, 3.63) is 47.1 Å². The van der Waals surface area contributed by atoms with Gasteiger partial charge in [-0.3, -0.25) is 5.32 Å². The molecule has 1 unspecified atom stereocenters. The number of nitrogens with one attached hydrogen (secondary N) is 1. The lowest BCUT2D eigenvalue weighted by molar-refractivity contribution is -0.120. The van der Waals surface area contributed by atoms with Gasteiger partial charge in [-0.15, -0.1) is 0 Å². The summed E-state index contributed by atoms with van der Waals surface area (Å²) in [6.07, 6.45) is 4.09. The standard InChI is InChI=1S/C27H36ClN5O4/c1-6-9-17(4)37-22-13-11-19(16-29-22)23-31-24(33-26(35)32-23)20-14-18(10-12-21(20)28)15-30-25(34)27(7-2,8-3)36-5/h10-14,16-17,25,30,34H,6-9,15H2,1-5H3,(H,31,32,33,35)/t17-,25?/m1/s1. The summed E-state index contributed by atoms with van der Waals surface area (Å²) in [6, 6.07) is 8.50. The van der Waals surface area contributed by atoms with E-state index in [2.05, 4.69) is 32.2 Å². The minimum absolute atomic E-state index is 0.0658. The Labute approximate surface area is 223 Å². The number of hydrogen-bond acceptors (Lipinski definition) is 9. The zero-order chi connectivity index (χ0) is 27.0. The summed E-state index contributed by atoms with van der Waals surface area (Å²) in [5.41, 5.74) is 1.30. The molecule has 37 heavy (non-hydrogen) atoms. The zero-order valence-corrected chi connectivity index (χ0v) is 22.8. The Kier molecular flexibility index (Phi) is 10.2. The van der Waals surface area contributed by atoms with Crippen molar-refractivity contribution >= 4 is 11.6 Å². The largest absolute Gasteiger partial charge is 0.479 e. The van der Waals surface area contributed by atoms with Crippen molar-refractivity contribution in [2.45, 2.75) is 77.9 Å². The highest BCUT2D eigenvalue weighted by Gasteiger charge is 2.34. The molecule has 200 valence electrons. The summed E-state index contributed by atoms with van der Waals surface area (Å²) in [5.74, 6) is 0.992. The summed E-state index contributed by atoms with van der Waals surface area (Å²) in [6.45, 7) is 8.43. The number of benzene rings is 1. The van der Waals surface area contributed by atoms with Crippen molar-refractivity contribution in [2.24, 2.45) is 0 Å². The van der Waals surface area contributed by atoms with E-state index in [9.17, 15) is 10.2 Å². The number of halogens is 1. The topological polar surface area (TPSA) is 123 Å². The molecule has 9 nitrogen and oxygen atoms in total. The SMILES string of the molecule is CCC[C@@H](C)Oc1ccc(-c2nc(O)nc(-c3cc(CNC(O)C(CC)(CC)OC)ccc3Cl)n2)cn1. The zero-order valence-electron chi connectivity index (χ0n) is 22.0. The Balaban J connectivity index is 1.83. The molecular weight excluding hydrogens is 494 g/mol. The summed E-state index contributed by atoms with van der Waals surface area (Å²) in [5, 5.41) is 24.5. The van der Waals surface area contributed by atoms with Crippen LogP contribution in [-0.2, 0) is 11.3 Å². The molecule has 0 aliphatic rings. The Hall–Kier alpha value is -2.85. The number of aliphatic hydroxyl groups is 1. The van der Waals surface area contributed by atoms with Crippen LogP contribution in [0.15, 0.2) is 36.5 Å². The molecule has 0 aliphatic heterocycles. The normalized spacial score (nSPS) is 13.4. The van der Waals surface area contributed by atoms with Gasteiger partial charge in [-0.25, -0.2) is 9.97 Å². The molecule has 3 N–H and O–H groups in total. The average Bonchev–Trinajstić information content (AvgIpc) is 2.89. The third kappa shape index (κ3) is 7.13. The molecule has 3 aromatic rings. The minimum atomic E-state index is -0.858. The van der Waals surface area contributed by atoms with Crippen molar-refractivity contribution in [1.82, 2.24) is 25.3 Å². The van der Waals surface area contributed by atoms with E-state index in [0.717, 1.165) is 18.4 Å². The first-order chi connectivity index (χ1) is 17.7. The van der Waals surface area contributed by atoms with E-state index in [4.69, 9.17) is 21.1 Å². The molecule has 2 aromatic heterocycles. The molecule has 0 amide bonds. The summed E-state index contributed by atoms with van der Waals surface area (Å²) in [7, 11) is 1.60. The highest BCUT2D eigenvalue weighted by atomic mass is 35.5. The molecule has 2 atom stereocenters. The quantitative estimate of drug-likeness (QED) is 0.258. The van der Waals surface area contributed by atoms with Gasteiger partial charge in [0.05, 0.1) is 11.1 Å². The smallest absolute Gasteiger partial charge is 0.318 e. The van der Waals surface area contributed by atoms with Gasteiger partial charge >= 0.3 is 6.01 Å². The molecule has 0 fully saturated rings. The van der Waals surface area contributed by atoms with Crippen molar-refractivity contribution < 1.29 is 19.7 Å². The van der Waals surface area contributed by atoms with Crippen LogP contribution in [0.25, 0.3) is 22.8 Å². The second-order valence-corrected chi connectivity index (χ2v) is 9.37. The Bertz CT molecular complexity index is 1150. The van der Waals surface area contributed by atoms with E-state index in [0.29, 0.717) is 41.4 Å². The molecule has 0 spiro atoms. The van der Waals surface area contributed by atoms with Crippen molar-refractivity contribution in [3.63, 3.8) is 0 Å². The van der Waals surface area contributed by atoms with Gasteiger partial charge in [0.1, 0.15) is 11.8 Å². The number of aromatic nitrogens is 4. The van der Waals surface area contributed by atoms with E-state index in [1.54, 1.807) is 31.5 Å². The van der Waals surface area contributed by atoms with E-state index in [-0.39, 0.29) is 17.8 Å². The highest BCUT2D eigenvalue weighted by molar-refractivity contribution is 6.33. The van der Waals surface area contributed by atoms with E-state index in [1.165, 1.54) is 0 Å². The number of ether oxygens (including phenoxy) is 2. The van der Waals surface area contributed by atoms with E-state index in [1.807, 2.05) is 32.9 Å². The van der Waals surface area contributed by atoms with Gasteiger partial charge in [0.2, 0.25) is 5.88 Å². The first-order valence-corrected chi connectivity index (χ1v) is 13.0. The number of methoxy groups -OCH3 is 1. The summed E-state index contributed by atoms with van der Waals surface area (Å²) >= 11 is 6.48. The maximum absolute atomic E-state index is 10.7. The van der Waals surface area contributed by atoms with Gasteiger partial charge in [-0.1, -0.05) is 44.9 Å². The lowest BCUT2D eigenvalue weighted by atomic mass is 9.94. The molecule has 0 radical (unpaired) electrons. The van der Waals surface area contributed by atoms with Gasteiger partial charge in [0.25, 0.3) is 0 Å². The van der Waals surface area contributed by atoms with Crippen LogP contribution in [0.4, 0.5) is 0 Å². The third-order valence-corrected chi connectivity index (χ3v) is 6.84. The molecule has 0 bridgehead atoms. The number of nitrogens with zero attached hydrogens (tertiary/aromatic N) is 4. The van der Waals surface area contributed by atoms with Crippen molar-refractivity contribution in [1.29, 1.82) is 0 Å². The molecule has 0 aliphatic carbocycles. The third-order valence-electron chi connectivity index (χ3n) is 6.51. The van der Waals surface area contributed by atoms with Crippen LogP contribution in [0.3, 0.4) is 0 Å². The lowest BCUT2D eigenvalue weighted by Crippen LogP contribution is -2.51. The van der Waals surface area contributed by atoms with Gasteiger partial charge < -0.3 is 19.7 Å². The van der Waals surface area contributed by atoms with Crippen LogP contribution in [-0.4, -0.2) is 55.2 Å². The first kappa shape index (κ1) is 28.7. The second kappa shape index (κ2) is 13.1. The van der Waals surface area contributed by atoms with Crippen molar-refractivity contribution in [2.75, 3.05) is 7.11 Å². The van der Waals surface area contributed by atoms with Crippen LogP contribution in [0, 0.1) is 0 Å². The molecule has 0 saturated heterocycles.